The molecule has 0 atom stereocenters. The van der Waals surface area contributed by atoms with Crippen LogP contribution in [0.15, 0.2) is 84.0 Å². The highest BCUT2D eigenvalue weighted by Crippen LogP contribution is 2.22. The van der Waals surface area contributed by atoms with Crippen LogP contribution in [0.3, 0.4) is 0 Å². The Morgan fingerprint density at radius 3 is 1.11 bits per heavy atom. The Bertz CT molecular complexity index is 1540. The smallest absolute Gasteiger partial charge is 0.0237 e. The van der Waals surface area contributed by atoms with E-state index in [4.69, 9.17) is 0 Å². The summed E-state index contributed by atoms with van der Waals surface area (Å²) < 4.78 is 0. The van der Waals surface area contributed by atoms with E-state index in [9.17, 15) is 0 Å². The molecule has 3 aromatic rings. The molecule has 0 spiro atoms. The zero-order valence-electron chi connectivity index (χ0n) is 37.2. The Morgan fingerprint density at radius 1 is 0.327 bits per heavy atom. The van der Waals surface area contributed by atoms with E-state index in [0.29, 0.717) is 0 Å². The Kier molecular flexibility index (Phi) is 20.6. The van der Waals surface area contributed by atoms with Crippen LogP contribution in [-0.2, 0) is 26.1 Å². The van der Waals surface area contributed by atoms with Crippen LogP contribution < -0.4 is 0 Å². The second-order valence-electron chi connectivity index (χ2n) is 17.1. The van der Waals surface area contributed by atoms with Crippen molar-refractivity contribution in [3.63, 3.8) is 0 Å². The van der Waals surface area contributed by atoms with Crippen LogP contribution in [-0.4, -0.2) is 131 Å². The fourth-order valence-corrected chi connectivity index (χ4v) is 6.80. The number of hydrogen-bond donors (Lipinski definition) is 0. The third kappa shape index (κ3) is 19.1. The van der Waals surface area contributed by atoms with Crippen LogP contribution >= 0.6 is 0 Å². The third-order valence-corrected chi connectivity index (χ3v) is 11.0. The summed E-state index contributed by atoms with van der Waals surface area (Å²) in [5.41, 5.74) is 14.6. The molecule has 0 amide bonds. The number of likely N-dealkylation sites (N-methyl/N-ethyl adjacent to an activating group) is 5. The van der Waals surface area contributed by atoms with Gasteiger partial charge in [-0.15, -0.1) is 0 Å². The van der Waals surface area contributed by atoms with Crippen molar-refractivity contribution in [2.75, 3.05) is 101 Å². The monoisotopic (exact) mass is 751 g/mol. The fraction of sp³-hybridized carbons (Fsp3) is 0.551. The molecule has 0 unspecified atom stereocenters. The van der Waals surface area contributed by atoms with E-state index in [2.05, 4.69) is 186 Å². The van der Waals surface area contributed by atoms with Gasteiger partial charge in [0.1, 0.15) is 0 Å². The van der Waals surface area contributed by atoms with Crippen molar-refractivity contribution in [1.29, 1.82) is 0 Å². The Labute approximate surface area is 338 Å². The lowest BCUT2D eigenvalue weighted by atomic mass is 9.98. The van der Waals surface area contributed by atoms with Crippen LogP contribution in [0.2, 0.25) is 0 Å². The fourth-order valence-electron chi connectivity index (χ4n) is 6.80. The topological polar surface area (TPSA) is 19.4 Å². The molecule has 0 aromatic heterocycles. The van der Waals surface area contributed by atoms with E-state index in [1.54, 1.807) is 16.7 Å². The first-order chi connectivity index (χ1) is 26.2. The van der Waals surface area contributed by atoms with Gasteiger partial charge in [0.2, 0.25) is 0 Å². The molecular weight excluding hydrogens is 673 g/mol. The maximum absolute atomic E-state index is 2.37. The highest BCUT2D eigenvalue weighted by Gasteiger charge is 2.14. The quantitative estimate of drug-likeness (QED) is 0.213. The van der Waals surface area contributed by atoms with E-state index in [1.165, 1.54) is 104 Å². The van der Waals surface area contributed by atoms with Gasteiger partial charge in [0.25, 0.3) is 0 Å². The lowest BCUT2D eigenvalue weighted by molar-refractivity contribution is 0.181. The number of hydrogen-bond acceptors (Lipinski definition) is 6. The minimum absolute atomic E-state index is 1.12. The third-order valence-electron chi connectivity index (χ3n) is 11.0. The van der Waals surface area contributed by atoms with Gasteiger partial charge in [-0.1, -0.05) is 106 Å². The van der Waals surface area contributed by atoms with E-state index in [1.807, 2.05) is 0 Å². The van der Waals surface area contributed by atoms with Crippen LogP contribution in [0.5, 0.6) is 0 Å². The SMILES string of the molecule is CC1=CCN(C)CC1.CC1=CCN(C)CC1.CN1CCN(C)CC1.Cc1ccc(C)cc1.Cc1ccc2c(c1)CCN(C)C2.Cc1ccc2c(c1)CN(C)C2. The minimum Gasteiger partial charge on any atom is -0.304 e. The second-order valence-corrected chi connectivity index (χ2v) is 17.1. The average molecular weight is 751 g/mol. The van der Waals surface area contributed by atoms with Crippen LogP contribution in [0.1, 0.15) is 71.2 Å². The molecule has 5 aliphatic rings. The molecule has 8 rings (SSSR count). The largest absolute Gasteiger partial charge is 0.304 e. The lowest BCUT2D eigenvalue weighted by Crippen LogP contribution is -2.42. The molecule has 304 valence electrons. The summed E-state index contributed by atoms with van der Waals surface area (Å²) in [6.45, 7) is 27.2. The molecule has 5 aliphatic heterocycles. The molecule has 1 fully saturated rings. The molecule has 6 nitrogen and oxygen atoms in total. The normalized spacial score (nSPS) is 19.1. The van der Waals surface area contributed by atoms with Gasteiger partial charge in [0.05, 0.1) is 0 Å². The maximum Gasteiger partial charge on any atom is 0.0237 e. The summed E-state index contributed by atoms with van der Waals surface area (Å²) in [6, 6.07) is 22.0. The summed E-state index contributed by atoms with van der Waals surface area (Å²) in [5, 5.41) is 0. The standard InChI is InChI=1S/C11H15N.C10H13N.C8H10.2C7H13N.C6H14N2/c1-9-3-4-11-8-12(2)6-5-10(11)7-9;1-8-3-4-9-6-11(2)7-10(9)5-8;4*1-7-3-5-8(2)6-4-7/h3-4,7H,5-6,8H2,1-2H3;3-5H,6-7H2,1-2H3;3-6H,1-2H3;2*3H,4-6H2,1-2H3;3-6H2,1-2H3. The lowest BCUT2D eigenvalue weighted by Gasteiger charge is -2.28. The van der Waals surface area contributed by atoms with E-state index < -0.39 is 0 Å². The van der Waals surface area contributed by atoms with Crippen molar-refractivity contribution in [3.05, 3.63) is 128 Å². The van der Waals surface area contributed by atoms with Crippen molar-refractivity contribution in [2.45, 2.75) is 80.4 Å². The van der Waals surface area contributed by atoms with E-state index in [-0.39, 0.29) is 0 Å². The maximum atomic E-state index is 2.37. The van der Waals surface area contributed by atoms with Crippen LogP contribution in [0.25, 0.3) is 0 Å². The zero-order chi connectivity index (χ0) is 40.3. The van der Waals surface area contributed by atoms with Crippen molar-refractivity contribution >= 4 is 0 Å². The molecule has 0 saturated carbocycles. The van der Waals surface area contributed by atoms with Gasteiger partial charge in [-0.2, -0.15) is 0 Å². The number of piperazine rings is 1. The molecule has 55 heavy (non-hydrogen) atoms. The van der Waals surface area contributed by atoms with E-state index >= 15 is 0 Å². The molecular formula is C49H78N6. The number of rotatable bonds is 0. The summed E-state index contributed by atoms with van der Waals surface area (Å²) in [6.07, 6.45) is 8.33. The molecule has 0 N–H and O–H groups in total. The van der Waals surface area contributed by atoms with Gasteiger partial charge in [-0.3, -0.25) is 4.90 Å². The average Bonchev–Trinajstić information content (AvgIpc) is 3.54. The van der Waals surface area contributed by atoms with Crippen molar-refractivity contribution in [2.24, 2.45) is 0 Å². The highest BCUT2D eigenvalue weighted by molar-refractivity contribution is 5.34. The highest BCUT2D eigenvalue weighted by atomic mass is 15.2. The van der Waals surface area contributed by atoms with Gasteiger partial charge < -0.3 is 24.5 Å². The predicted octanol–water partition coefficient (Wildman–Crippen LogP) is 8.63. The molecule has 5 heterocycles. The Morgan fingerprint density at radius 2 is 0.691 bits per heavy atom. The first-order valence-corrected chi connectivity index (χ1v) is 20.8. The van der Waals surface area contributed by atoms with Gasteiger partial charge in [0.15, 0.2) is 0 Å². The number of benzene rings is 3. The summed E-state index contributed by atoms with van der Waals surface area (Å²) in [5.74, 6) is 0. The number of nitrogens with zero attached hydrogens (tertiary/aromatic N) is 6. The van der Waals surface area contributed by atoms with Crippen molar-refractivity contribution < 1.29 is 0 Å². The number of fused-ring (bicyclic) bond motifs is 2. The van der Waals surface area contributed by atoms with Crippen molar-refractivity contribution in [1.82, 2.24) is 29.4 Å². The molecule has 1 saturated heterocycles. The van der Waals surface area contributed by atoms with Gasteiger partial charge in [0, 0.05) is 78.5 Å². The van der Waals surface area contributed by atoms with Crippen LogP contribution in [0.4, 0.5) is 0 Å². The molecule has 3 aromatic carbocycles. The van der Waals surface area contributed by atoms with Crippen LogP contribution in [0, 0.1) is 27.7 Å². The molecule has 0 aliphatic carbocycles. The molecule has 6 heteroatoms. The van der Waals surface area contributed by atoms with E-state index in [0.717, 1.165) is 32.7 Å². The van der Waals surface area contributed by atoms with Gasteiger partial charge in [-0.25, -0.2) is 0 Å². The minimum atomic E-state index is 1.12. The van der Waals surface area contributed by atoms with Gasteiger partial charge >= 0.3 is 0 Å². The summed E-state index contributed by atoms with van der Waals surface area (Å²) >= 11 is 0. The first-order valence-electron chi connectivity index (χ1n) is 20.8. The van der Waals surface area contributed by atoms with Crippen molar-refractivity contribution in [3.8, 4) is 0 Å². The first kappa shape index (κ1) is 46.3. The number of aryl methyl sites for hydroxylation is 4. The predicted molar refractivity (Wildman–Crippen MR) is 240 cm³/mol. The summed E-state index contributed by atoms with van der Waals surface area (Å²) in [7, 11) is 13.0. The molecule has 0 radical (unpaired) electrons. The molecule has 0 bridgehead atoms. The zero-order valence-corrected chi connectivity index (χ0v) is 37.2. The second kappa shape index (κ2) is 24.5. The van der Waals surface area contributed by atoms with Gasteiger partial charge in [-0.05, 0) is 125 Å². The Hall–Kier alpha value is -3.10. The Balaban J connectivity index is 0.000000179. The summed E-state index contributed by atoms with van der Waals surface area (Å²) in [4.78, 5) is 14.1.